The molecule has 4 rings (SSSR count). The summed E-state index contributed by atoms with van der Waals surface area (Å²) in [6.45, 7) is 12.9. The van der Waals surface area contributed by atoms with Crippen molar-refractivity contribution in [2.24, 2.45) is 0 Å². The van der Waals surface area contributed by atoms with Gasteiger partial charge in [0.05, 0.1) is 41.5 Å². The van der Waals surface area contributed by atoms with E-state index in [9.17, 15) is 13.2 Å². The van der Waals surface area contributed by atoms with Crippen LogP contribution in [0.1, 0.15) is 38.1 Å². The number of fused-ring (bicyclic) bond motifs is 1. The van der Waals surface area contributed by atoms with Gasteiger partial charge in [0, 0.05) is 5.39 Å². The summed E-state index contributed by atoms with van der Waals surface area (Å²) in [6.07, 6.45) is 0.235. The van der Waals surface area contributed by atoms with E-state index in [4.69, 9.17) is 13.9 Å². The second kappa shape index (κ2) is 9.87. The number of ether oxygens (including phenoxy) is 2. The lowest BCUT2D eigenvalue weighted by Crippen LogP contribution is -2.42. The maximum absolute atomic E-state index is 13.9. The second-order valence-corrected chi connectivity index (χ2v) is 17.5. The molecule has 0 saturated carbocycles. The zero-order chi connectivity index (χ0) is 27.2. The number of carbonyl (C=O) groups is 1. The molecule has 0 amide bonds. The van der Waals surface area contributed by atoms with Crippen LogP contribution in [-0.4, -0.2) is 46.5 Å². The number of methoxy groups -OCH3 is 1. The quantitative estimate of drug-likeness (QED) is 0.280. The first-order valence-electron chi connectivity index (χ1n) is 12.3. The van der Waals surface area contributed by atoms with Gasteiger partial charge in [0.15, 0.2) is 8.32 Å². The highest BCUT2D eigenvalue weighted by Gasteiger charge is 2.41. The summed E-state index contributed by atoms with van der Waals surface area (Å²) in [5.41, 5.74) is 2.06. The molecule has 1 aliphatic rings. The number of benzene rings is 2. The van der Waals surface area contributed by atoms with Crippen LogP contribution in [0.3, 0.4) is 0 Å². The van der Waals surface area contributed by atoms with E-state index in [-0.39, 0.29) is 22.1 Å². The van der Waals surface area contributed by atoms with Gasteiger partial charge in [-0.15, -0.1) is 0 Å². The zero-order valence-corrected chi connectivity index (χ0v) is 24.3. The van der Waals surface area contributed by atoms with Crippen LogP contribution in [0, 0.1) is 6.92 Å². The Morgan fingerprint density at radius 3 is 2.35 bits per heavy atom. The van der Waals surface area contributed by atoms with Crippen molar-refractivity contribution < 1.29 is 27.1 Å². The van der Waals surface area contributed by atoms with Crippen LogP contribution in [0.2, 0.25) is 18.1 Å². The summed E-state index contributed by atoms with van der Waals surface area (Å²) in [5.74, 6) is -0.565. The van der Waals surface area contributed by atoms with Crippen LogP contribution < -0.4 is 0 Å². The fourth-order valence-corrected chi connectivity index (χ4v) is 6.67. The standard InChI is InChI=1S/C28H35NO6SSi/c1-19-12-14-22(15-13-19)36(31,32)29-24-11-9-8-10-20(24)16-25(29)26-23(27(30)33-5)17-21(35-26)18-34-37(6,7)28(2,3)4/h8-17,21,26H,18H2,1-7H3/t21-,26+/m1/s1. The van der Waals surface area contributed by atoms with E-state index < -0.39 is 36.5 Å². The maximum Gasteiger partial charge on any atom is 0.336 e. The third-order valence-electron chi connectivity index (χ3n) is 7.32. The summed E-state index contributed by atoms with van der Waals surface area (Å²) in [4.78, 5) is 13.0. The van der Waals surface area contributed by atoms with Crippen LogP contribution >= 0.6 is 0 Å². The van der Waals surface area contributed by atoms with E-state index in [2.05, 4.69) is 33.9 Å². The van der Waals surface area contributed by atoms with Crippen molar-refractivity contribution in [3.63, 3.8) is 0 Å². The smallest absolute Gasteiger partial charge is 0.336 e. The molecule has 0 fully saturated rings. The molecule has 9 heteroatoms. The van der Waals surface area contributed by atoms with Crippen molar-refractivity contribution in [3.05, 3.63) is 77.5 Å². The van der Waals surface area contributed by atoms with E-state index in [1.54, 1.807) is 48.5 Å². The van der Waals surface area contributed by atoms with Gasteiger partial charge in [0.1, 0.15) is 6.10 Å². The average molecular weight is 542 g/mol. The number of para-hydroxylation sites is 1. The molecule has 0 bridgehead atoms. The first-order valence-corrected chi connectivity index (χ1v) is 16.6. The number of aromatic nitrogens is 1. The minimum Gasteiger partial charge on any atom is -0.466 e. The molecular weight excluding hydrogens is 506 g/mol. The molecule has 0 N–H and O–H groups in total. The van der Waals surface area contributed by atoms with Gasteiger partial charge in [-0.3, -0.25) is 0 Å². The van der Waals surface area contributed by atoms with Crippen molar-refractivity contribution in [2.45, 2.75) is 62.9 Å². The summed E-state index contributed by atoms with van der Waals surface area (Å²) in [5, 5.41) is 0.732. The Hall–Kier alpha value is -2.72. The van der Waals surface area contributed by atoms with Crippen LogP contribution in [0.15, 0.2) is 71.1 Å². The van der Waals surface area contributed by atoms with E-state index in [1.165, 1.54) is 11.1 Å². The normalized spacial score (nSPS) is 18.7. The molecule has 0 saturated heterocycles. The molecule has 0 unspecified atom stereocenters. The largest absolute Gasteiger partial charge is 0.466 e. The molecule has 1 aliphatic heterocycles. The third kappa shape index (κ3) is 5.18. The van der Waals surface area contributed by atoms with Crippen molar-refractivity contribution in [1.29, 1.82) is 0 Å². The predicted octanol–water partition coefficient (Wildman–Crippen LogP) is 5.75. The SMILES string of the molecule is COC(=O)C1=C[C@H](CO[Si](C)(C)C(C)(C)C)O[C@@H]1c1cc2ccccc2n1S(=O)(=O)c1ccc(C)cc1. The van der Waals surface area contributed by atoms with Crippen molar-refractivity contribution in [1.82, 2.24) is 3.97 Å². The van der Waals surface area contributed by atoms with Crippen molar-refractivity contribution >= 4 is 35.2 Å². The Labute approximate surface area is 220 Å². The van der Waals surface area contributed by atoms with E-state index in [0.717, 1.165) is 10.9 Å². The molecule has 7 nitrogen and oxygen atoms in total. The second-order valence-electron chi connectivity index (χ2n) is 10.9. The molecular formula is C28H35NO6SSi. The van der Waals surface area contributed by atoms with Gasteiger partial charge in [0.2, 0.25) is 0 Å². The Bertz CT molecular complexity index is 1450. The molecule has 0 radical (unpaired) electrons. The van der Waals surface area contributed by atoms with E-state index >= 15 is 0 Å². The van der Waals surface area contributed by atoms with Crippen LogP contribution in [0.25, 0.3) is 10.9 Å². The first kappa shape index (κ1) is 27.3. The minimum absolute atomic E-state index is 0.00837. The van der Waals surface area contributed by atoms with E-state index in [1.807, 2.05) is 19.1 Å². The molecule has 37 heavy (non-hydrogen) atoms. The van der Waals surface area contributed by atoms with Gasteiger partial charge in [0.25, 0.3) is 10.0 Å². The number of hydrogen-bond acceptors (Lipinski definition) is 6. The number of carbonyl (C=O) groups excluding carboxylic acids is 1. The van der Waals surface area contributed by atoms with E-state index in [0.29, 0.717) is 11.2 Å². The van der Waals surface area contributed by atoms with Gasteiger partial charge in [-0.05, 0) is 55.4 Å². The first-order chi connectivity index (χ1) is 17.3. The Balaban J connectivity index is 1.79. The topological polar surface area (TPSA) is 83.8 Å². The summed E-state index contributed by atoms with van der Waals surface area (Å²) < 4.78 is 46.9. The van der Waals surface area contributed by atoms with Crippen molar-refractivity contribution in [2.75, 3.05) is 13.7 Å². The third-order valence-corrected chi connectivity index (χ3v) is 13.6. The molecule has 3 aromatic rings. The van der Waals surface area contributed by atoms with Crippen LogP contribution in [0.4, 0.5) is 0 Å². The number of esters is 1. The van der Waals surface area contributed by atoms with Crippen molar-refractivity contribution in [3.8, 4) is 0 Å². The lowest BCUT2D eigenvalue weighted by atomic mass is 10.1. The van der Waals surface area contributed by atoms with Gasteiger partial charge < -0.3 is 13.9 Å². The lowest BCUT2D eigenvalue weighted by molar-refractivity contribution is -0.137. The predicted molar refractivity (Wildman–Crippen MR) is 147 cm³/mol. The van der Waals surface area contributed by atoms with Gasteiger partial charge in [-0.1, -0.05) is 56.7 Å². The fraction of sp³-hybridized carbons (Fsp3) is 0.393. The Morgan fingerprint density at radius 2 is 1.73 bits per heavy atom. The highest BCUT2D eigenvalue weighted by atomic mass is 32.2. The highest BCUT2D eigenvalue weighted by molar-refractivity contribution is 7.90. The molecule has 2 aromatic carbocycles. The minimum atomic E-state index is -4.00. The average Bonchev–Trinajstić information content (AvgIpc) is 3.44. The molecule has 0 aliphatic carbocycles. The van der Waals surface area contributed by atoms with Crippen LogP contribution in [-0.2, 0) is 28.7 Å². The number of nitrogens with zero attached hydrogens (tertiary/aromatic N) is 1. The Morgan fingerprint density at radius 1 is 1.08 bits per heavy atom. The zero-order valence-electron chi connectivity index (χ0n) is 22.4. The molecule has 2 heterocycles. The van der Waals surface area contributed by atoms with Crippen LogP contribution in [0.5, 0.6) is 0 Å². The number of rotatable bonds is 7. The summed E-state index contributed by atoms with van der Waals surface area (Å²) in [7, 11) is -4.77. The monoisotopic (exact) mass is 541 g/mol. The molecule has 198 valence electrons. The fourth-order valence-electron chi connectivity index (χ4n) is 4.11. The molecule has 1 aromatic heterocycles. The van der Waals surface area contributed by atoms with Gasteiger partial charge in [-0.25, -0.2) is 17.2 Å². The number of aryl methyl sites for hydroxylation is 1. The lowest BCUT2D eigenvalue weighted by Gasteiger charge is -2.36. The summed E-state index contributed by atoms with van der Waals surface area (Å²) in [6, 6.07) is 15.7. The Kier molecular flexibility index (Phi) is 7.28. The number of hydrogen-bond donors (Lipinski definition) is 0. The van der Waals surface area contributed by atoms with Gasteiger partial charge >= 0.3 is 5.97 Å². The maximum atomic E-state index is 13.9. The van der Waals surface area contributed by atoms with Gasteiger partial charge in [-0.2, -0.15) is 0 Å². The highest BCUT2D eigenvalue weighted by Crippen LogP contribution is 2.41. The molecule has 0 spiro atoms. The molecule has 2 atom stereocenters. The summed E-state index contributed by atoms with van der Waals surface area (Å²) >= 11 is 0.